The summed E-state index contributed by atoms with van der Waals surface area (Å²) in [5.41, 5.74) is 2.25. The zero-order valence-electron chi connectivity index (χ0n) is 13.0. The molecule has 0 unspecified atom stereocenters. The molecule has 0 aliphatic carbocycles. The van der Waals surface area contributed by atoms with Crippen molar-refractivity contribution in [2.45, 2.75) is 18.4 Å². The first kappa shape index (κ1) is 15.1. The molecule has 0 amide bonds. The Morgan fingerprint density at radius 1 is 1.00 bits per heavy atom. The summed E-state index contributed by atoms with van der Waals surface area (Å²) in [6, 6.07) is 18.6. The van der Waals surface area contributed by atoms with Gasteiger partial charge in [-0.2, -0.15) is 0 Å². The molecule has 0 spiro atoms. The lowest BCUT2D eigenvalue weighted by Gasteiger charge is -2.41. The predicted octanol–water partition coefficient (Wildman–Crippen LogP) is 3.57. The fourth-order valence-electron chi connectivity index (χ4n) is 2.70. The van der Waals surface area contributed by atoms with Crippen molar-refractivity contribution in [3.63, 3.8) is 0 Å². The first-order valence-electron chi connectivity index (χ1n) is 7.73. The summed E-state index contributed by atoms with van der Waals surface area (Å²) in [6.45, 7) is 2.00. The minimum atomic E-state index is -0.275. The quantitative estimate of drug-likeness (QED) is 0.731. The normalized spacial score (nSPS) is 16.0. The number of hydrogen-bond acceptors (Lipinski definition) is 3. The number of benzene rings is 2. The van der Waals surface area contributed by atoms with E-state index in [-0.39, 0.29) is 5.60 Å². The molecule has 2 aromatic rings. The highest BCUT2D eigenvalue weighted by Gasteiger charge is 2.41. The topological polar surface area (TPSA) is 27.7 Å². The molecular formula is C19H22O3. The lowest BCUT2D eigenvalue weighted by atomic mass is 9.91. The molecule has 0 N–H and O–H groups in total. The second-order valence-electron chi connectivity index (χ2n) is 5.65. The molecule has 1 saturated heterocycles. The van der Waals surface area contributed by atoms with Gasteiger partial charge in [0, 0.05) is 6.61 Å². The van der Waals surface area contributed by atoms with Crippen LogP contribution in [0.2, 0.25) is 0 Å². The number of rotatable bonds is 7. The molecule has 1 fully saturated rings. The summed E-state index contributed by atoms with van der Waals surface area (Å²) < 4.78 is 16.8. The standard InChI is InChI=1S/C19H22O3/c1-20-18-11-9-17(10-12-18)19(14-21-15-19)22-13-5-8-16-6-3-2-4-7-16/h2-4,6-7,9-12H,5,8,13-15H2,1H3. The van der Waals surface area contributed by atoms with E-state index in [0.29, 0.717) is 13.2 Å². The van der Waals surface area contributed by atoms with Crippen LogP contribution in [0.25, 0.3) is 0 Å². The Morgan fingerprint density at radius 3 is 2.32 bits per heavy atom. The van der Waals surface area contributed by atoms with Crippen LogP contribution < -0.4 is 4.74 Å². The average Bonchev–Trinajstić information content (AvgIpc) is 2.55. The third-order valence-electron chi connectivity index (χ3n) is 4.12. The molecule has 3 heteroatoms. The van der Waals surface area contributed by atoms with E-state index in [4.69, 9.17) is 14.2 Å². The van der Waals surface area contributed by atoms with Crippen molar-refractivity contribution in [2.24, 2.45) is 0 Å². The molecule has 116 valence electrons. The monoisotopic (exact) mass is 298 g/mol. The van der Waals surface area contributed by atoms with Crippen LogP contribution in [-0.2, 0) is 21.5 Å². The molecular weight excluding hydrogens is 276 g/mol. The first-order chi connectivity index (χ1) is 10.8. The fourth-order valence-corrected chi connectivity index (χ4v) is 2.70. The van der Waals surface area contributed by atoms with Gasteiger partial charge in [-0.1, -0.05) is 42.5 Å². The van der Waals surface area contributed by atoms with Gasteiger partial charge in [-0.05, 0) is 36.1 Å². The van der Waals surface area contributed by atoms with Gasteiger partial charge in [0.05, 0.1) is 20.3 Å². The van der Waals surface area contributed by atoms with Crippen LogP contribution in [0.3, 0.4) is 0 Å². The summed E-state index contributed by atoms with van der Waals surface area (Å²) in [5.74, 6) is 0.864. The van der Waals surface area contributed by atoms with Gasteiger partial charge in [0.2, 0.25) is 0 Å². The SMILES string of the molecule is COc1ccc(C2(OCCCc3ccccc3)COC2)cc1. The first-order valence-corrected chi connectivity index (χ1v) is 7.73. The van der Waals surface area contributed by atoms with Crippen molar-refractivity contribution in [2.75, 3.05) is 26.9 Å². The van der Waals surface area contributed by atoms with E-state index < -0.39 is 0 Å². The molecule has 0 saturated carbocycles. The Hall–Kier alpha value is -1.84. The fraction of sp³-hybridized carbons (Fsp3) is 0.368. The lowest BCUT2D eigenvalue weighted by molar-refractivity contribution is -0.217. The van der Waals surface area contributed by atoms with Crippen molar-refractivity contribution >= 4 is 0 Å². The highest BCUT2D eigenvalue weighted by molar-refractivity contribution is 5.32. The Bertz CT molecular complexity index is 573. The maximum Gasteiger partial charge on any atom is 0.139 e. The van der Waals surface area contributed by atoms with E-state index >= 15 is 0 Å². The van der Waals surface area contributed by atoms with Crippen molar-refractivity contribution in [3.8, 4) is 5.75 Å². The number of methoxy groups -OCH3 is 1. The largest absolute Gasteiger partial charge is 0.497 e. The van der Waals surface area contributed by atoms with Crippen LogP contribution in [0.1, 0.15) is 17.5 Å². The zero-order valence-corrected chi connectivity index (χ0v) is 13.0. The smallest absolute Gasteiger partial charge is 0.139 e. The van der Waals surface area contributed by atoms with E-state index in [1.165, 1.54) is 11.1 Å². The molecule has 3 nitrogen and oxygen atoms in total. The molecule has 1 aliphatic heterocycles. The number of ether oxygens (including phenoxy) is 3. The van der Waals surface area contributed by atoms with Crippen molar-refractivity contribution < 1.29 is 14.2 Å². The van der Waals surface area contributed by atoms with E-state index in [9.17, 15) is 0 Å². The Morgan fingerprint density at radius 2 is 1.73 bits per heavy atom. The lowest BCUT2D eigenvalue weighted by Crippen LogP contribution is -2.49. The van der Waals surface area contributed by atoms with Gasteiger partial charge in [0.25, 0.3) is 0 Å². The molecule has 0 aromatic heterocycles. The van der Waals surface area contributed by atoms with Crippen LogP contribution in [0.15, 0.2) is 54.6 Å². The van der Waals surface area contributed by atoms with Gasteiger partial charge in [-0.15, -0.1) is 0 Å². The van der Waals surface area contributed by atoms with Crippen molar-refractivity contribution in [3.05, 3.63) is 65.7 Å². The molecule has 22 heavy (non-hydrogen) atoms. The predicted molar refractivity (Wildman–Crippen MR) is 86.2 cm³/mol. The summed E-state index contributed by atoms with van der Waals surface area (Å²) in [6.07, 6.45) is 2.06. The second kappa shape index (κ2) is 6.95. The van der Waals surface area contributed by atoms with Crippen molar-refractivity contribution in [1.82, 2.24) is 0 Å². The highest BCUT2D eigenvalue weighted by atomic mass is 16.6. The summed E-state index contributed by atoms with van der Waals surface area (Å²) in [4.78, 5) is 0. The van der Waals surface area contributed by atoms with Crippen LogP contribution in [0, 0.1) is 0 Å². The molecule has 1 aliphatic rings. The van der Waals surface area contributed by atoms with Crippen LogP contribution in [0.5, 0.6) is 5.75 Å². The molecule has 3 rings (SSSR count). The average molecular weight is 298 g/mol. The van der Waals surface area contributed by atoms with E-state index in [1.807, 2.05) is 18.2 Å². The van der Waals surface area contributed by atoms with E-state index in [2.05, 4.69) is 36.4 Å². The third kappa shape index (κ3) is 3.32. The minimum Gasteiger partial charge on any atom is -0.497 e. The van der Waals surface area contributed by atoms with Gasteiger partial charge < -0.3 is 14.2 Å². The summed E-state index contributed by atoms with van der Waals surface area (Å²) in [5, 5.41) is 0. The van der Waals surface area contributed by atoms with Gasteiger partial charge >= 0.3 is 0 Å². The van der Waals surface area contributed by atoms with Crippen molar-refractivity contribution in [1.29, 1.82) is 0 Å². The number of aryl methyl sites for hydroxylation is 1. The summed E-state index contributed by atoms with van der Waals surface area (Å²) in [7, 11) is 1.68. The molecule has 1 heterocycles. The maximum atomic E-state index is 6.18. The van der Waals surface area contributed by atoms with Gasteiger partial charge in [-0.3, -0.25) is 0 Å². The van der Waals surface area contributed by atoms with Crippen LogP contribution in [0.4, 0.5) is 0 Å². The molecule has 0 bridgehead atoms. The second-order valence-corrected chi connectivity index (χ2v) is 5.65. The maximum absolute atomic E-state index is 6.18. The highest BCUT2D eigenvalue weighted by Crippen LogP contribution is 2.34. The van der Waals surface area contributed by atoms with Gasteiger partial charge in [0.15, 0.2) is 0 Å². The van der Waals surface area contributed by atoms with E-state index in [0.717, 1.165) is 25.2 Å². The van der Waals surface area contributed by atoms with Gasteiger partial charge in [-0.25, -0.2) is 0 Å². The van der Waals surface area contributed by atoms with E-state index in [1.54, 1.807) is 7.11 Å². The Labute approximate surface area is 131 Å². The number of hydrogen-bond donors (Lipinski definition) is 0. The molecule has 0 radical (unpaired) electrons. The Balaban J connectivity index is 1.54. The van der Waals surface area contributed by atoms with Gasteiger partial charge in [0.1, 0.15) is 11.4 Å². The third-order valence-corrected chi connectivity index (χ3v) is 4.12. The zero-order chi connectivity index (χ0) is 15.3. The Kier molecular flexibility index (Phi) is 4.76. The minimum absolute atomic E-state index is 0.275. The van der Waals surface area contributed by atoms with Crippen LogP contribution in [-0.4, -0.2) is 26.9 Å². The summed E-state index contributed by atoms with van der Waals surface area (Å²) >= 11 is 0. The molecule has 2 aromatic carbocycles. The molecule has 0 atom stereocenters. The van der Waals surface area contributed by atoms with Crippen LogP contribution >= 0.6 is 0 Å².